The van der Waals surface area contributed by atoms with E-state index in [1.54, 1.807) is 25.3 Å². The van der Waals surface area contributed by atoms with Gasteiger partial charge in [-0.25, -0.2) is 5.43 Å². The lowest BCUT2D eigenvalue weighted by molar-refractivity contribution is -0.128. The predicted octanol–water partition coefficient (Wildman–Crippen LogP) is 1.19. The molecular formula is C21H23N5O4. The molecule has 0 unspecified atom stereocenters. The van der Waals surface area contributed by atoms with Crippen LogP contribution in [0.15, 0.2) is 58.6 Å². The molecule has 2 aromatic carbocycles. The first-order valence-corrected chi connectivity index (χ1v) is 9.29. The number of amides is 2. The van der Waals surface area contributed by atoms with Crippen LogP contribution in [-0.2, 0) is 16.0 Å². The minimum Gasteiger partial charge on any atom is -0.493 e. The third-order valence-electron chi connectivity index (χ3n) is 4.35. The zero-order chi connectivity index (χ0) is 21.3. The van der Waals surface area contributed by atoms with E-state index in [1.165, 1.54) is 13.3 Å². The van der Waals surface area contributed by atoms with Gasteiger partial charge in [-0.15, -0.1) is 0 Å². The SMILES string of the molecule is COc1ccc(/C=N\NC(=O)C[C@H]2N=C(Cc3ccccc3)NNC2=O)cc1OC. The maximum absolute atomic E-state index is 12.2. The van der Waals surface area contributed by atoms with Crippen LogP contribution in [-0.4, -0.2) is 44.1 Å². The summed E-state index contributed by atoms with van der Waals surface area (Å²) in [4.78, 5) is 28.6. The van der Waals surface area contributed by atoms with Crippen LogP contribution < -0.4 is 25.8 Å². The Balaban J connectivity index is 1.57. The zero-order valence-electron chi connectivity index (χ0n) is 16.7. The summed E-state index contributed by atoms with van der Waals surface area (Å²) >= 11 is 0. The van der Waals surface area contributed by atoms with Crippen LogP contribution in [0.4, 0.5) is 0 Å². The van der Waals surface area contributed by atoms with E-state index in [0.717, 1.165) is 11.1 Å². The fraction of sp³-hybridized carbons (Fsp3) is 0.238. The van der Waals surface area contributed by atoms with Gasteiger partial charge in [-0.1, -0.05) is 30.3 Å². The molecule has 0 bridgehead atoms. The third-order valence-corrected chi connectivity index (χ3v) is 4.35. The van der Waals surface area contributed by atoms with Crippen molar-refractivity contribution >= 4 is 23.9 Å². The number of ether oxygens (including phenoxy) is 2. The van der Waals surface area contributed by atoms with Crippen molar-refractivity contribution in [1.29, 1.82) is 0 Å². The fourth-order valence-corrected chi connectivity index (χ4v) is 2.85. The molecule has 0 fully saturated rings. The van der Waals surface area contributed by atoms with E-state index in [4.69, 9.17) is 9.47 Å². The number of nitrogens with zero attached hydrogens (tertiary/aromatic N) is 2. The molecule has 0 saturated heterocycles. The van der Waals surface area contributed by atoms with Crippen molar-refractivity contribution in [3.05, 3.63) is 59.7 Å². The molecule has 156 valence electrons. The lowest BCUT2D eigenvalue weighted by atomic mass is 10.1. The maximum Gasteiger partial charge on any atom is 0.263 e. The summed E-state index contributed by atoms with van der Waals surface area (Å²) in [6.45, 7) is 0. The monoisotopic (exact) mass is 409 g/mol. The van der Waals surface area contributed by atoms with Crippen LogP contribution >= 0.6 is 0 Å². The summed E-state index contributed by atoms with van der Waals surface area (Å²) < 4.78 is 10.4. The molecule has 1 aliphatic heterocycles. The van der Waals surface area contributed by atoms with Gasteiger partial charge in [0.05, 0.1) is 26.9 Å². The van der Waals surface area contributed by atoms with Gasteiger partial charge in [0.2, 0.25) is 5.91 Å². The highest BCUT2D eigenvalue weighted by Crippen LogP contribution is 2.26. The number of aliphatic imine (C=N–C) groups is 1. The molecule has 0 spiro atoms. The first kappa shape index (κ1) is 20.8. The maximum atomic E-state index is 12.2. The number of hydrogen-bond donors (Lipinski definition) is 3. The van der Waals surface area contributed by atoms with E-state index in [0.29, 0.717) is 23.8 Å². The molecule has 1 atom stereocenters. The minimum absolute atomic E-state index is 0.116. The quantitative estimate of drug-likeness (QED) is 0.448. The number of benzene rings is 2. The Morgan fingerprint density at radius 1 is 1.13 bits per heavy atom. The average Bonchev–Trinajstić information content (AvgIpc) is 2.76. The number of hydrogen-bond acceptors (Lipinski definition) is 7. The van der Waals surface area contributed by atoms with Gasteiger partial charge in [0.25, 0.3) is 5.91 Å². The van der Waals surface area contributed by atoms with Gasteiger partial charge < -0.3 is 9.47 Å². The van der Waals surface area contributed by atoms with Crippen molar-refractivity contribution in [2.45, 2.75) is 18.9 Å². The minimum atomic E-state index is -0.818. The molecule has 9 nitrogen and oxygen atoms in total. The number of methoxy groups -OCH3 is 2. The number of carbonyl (C=O) groups excluding carboxylic acids is 2. The Hall–Kier alpha value is -3.88. The number of rotatable bonds is 8. The van der Waals surface area contributed by atoms with Crippen LogP contribution in [0.1, 0.15) is 17.5 Å². The summed E-state index contributed by atoms with van der Waals surface area (Å²) in [5.41, 5.74) is 9.50. The topological polar surface area (TPSA) is 113 Å². The Morgan fingerprint density at radius 3 is 2.63 bits per heavy atom. The van der Waals surface area contributed by atoms with Gasteiger partial charge in [-0.3, -0.25) is 25.4 Å². The number of hydrazone groups is 1. The summed E-state index contributed by atoms with van der Waals surface area (Å²) in [5, 5.41) is 3.93. The summed E-state index contributed by atoms with van der Waals surface area (Å²) in [6, 6.07) is 14.1. The second-order valence-corrected chi connectivity index (χ2v) is 6.48. The lowest BCUT2D eigenvalue weighted by Crippen LogP contribution is -2.52. The zero-order valence-corrected chi connectivity index (χ0v) is 16.7. The molecule has 0 aliphatic carbocycles. The van der Waals surface area contributed by atoms with E-state index in [9.17, 15) is 9.59 Å². The number of amidine groups is 1. The molecule has 2 aromatic rings. The Kier molecular flexibility index (Phi) is 6.99. The van der Waals surface area contributed by atoms with Crippen molar-refractivity contribution in [3.8, 4) is 11.5 Å². The number of hydrazine groups is 1. The average molecular weight is 409 g/mol. The van der Waals surface area contributed by atoms with Gasteiger partial charge in [0.15, 0.2) is 11.5 Å². The molecular weight excluding hydrogens is 386 g/mol. The molecule has 0 saturated carbocycles. The van der Waals surface area contributed by atoms with Crippen molar-refractivity contribution < 1.29 is 19.1 Å². The van der Waals surface area contributed by atoms with E-state index in [1.807, 2.05) is 30.3 Å². The highest BCUT2D eigenvalue weighted by atomic mass is 16.5. The molecule has 3 N–H and O–H groups in total. The van der Waals surface area contributed by atoms with Gasteiger partial charge in [0, 0.05) is 6.42 Å². The standard InChI is InChI=1S/C21H23N5O4/c1-29-17-9-8-15(10-18(17)30-2)13-22-25-20(27)12-16-21(28)26-24-19(23-16)11-14-6-4-3-5-7-14/h3-10,13,16H,11-12H2,1-2H3,(H,23,24)(H,25,27)(H,26,28)/b22-13-/t16-/m1/s1. The van der Waals surface area contributed by atoms with Gasteiger partial charge in [-0.05, 0) is 29.3 Å². The van der Waals surface area contributed by atoms with E-state index in [2.05, 4.69) is 26.4 Å². The van der Waals surface area contributed by atoms with Crippen molar-refractivity contribution in [2.24, 2.45) is 10.1 Å². The molecule has 9 heteroatoms. The fourth-order valence-electron chi connectivity index (χ4n) is 2.85. The van der Waals surface area contributed by atoms with Gasteiger partial charge in [-0.2, -0.15) is 5.10 Å². The Morgan fingerprint density at radius 2 is 1.90 bits per heavy atom. The van der Waals surface area contributed by atoms with Crippen LogP contribution in [0.5, 0.6) is 11.5 Å². The highest BCUT2D eigenvalue weighted by molar-refractivity contribution is 5.96. The second-order valence-electron chi connectivity index (χ2n) is 6.48. The number of nitrogens with one attached hydrogen (secondary N) is 3. The first-order chi connectivity index (χ1) is 14.6. The normalized spacial score (nSPS) is 15.7. The summed E-state index contributed by atoms with van der Waals surface area (Å²) in [6.07, 6.45) is 1.89. The molecule has 3 rings (SSSR count). The van der Waals surface area contributed by atoms with Gasteiger partial charge in [0.1, 0.15) is 11.9 Å². The van der Waals surface area contributed by atoms with Crippen molar-refractivity contribution in [3.63, 3.8) is 0 Å². The van der Waals surface area contributed by atoms with E-state index in [-0.39, 0.29) is 12.3 Å². The summed E-state index contributed by atoms with van der Waals surface area (Å²) in [5.74, 6) is 0.953. The molecule has 0 radical (unpaired) electrons. The van der Waals surface area contributed by atoms with Crippen LogP contribution in [0.3, 0.4) is 0 Å². The highest BCUT2D eigenvalue weighted by Gasteiger charge is 2.25. The first-order valence-electron chi connectivity index (χ1n) is 9.29. The van der Waals surface area contributed by atoms with E-state index < -0.39 is 11.9 Å². The van der Waals surface area contributed by atoms with Crippen LogP contribution in [0, 0.1) is 0 Å². The number of carbonyl (C=O) groups is 2. The molecule has 30 heavy (non-hydrogen) atoms. The summed E-state index contributed by atoms with van der Waals surface area (Å²) in [7, 11) is 3.09. The molecule has 1 heterocycles. The molecule has 1 aliphatic rings. The third kappa shape index (κ3) is 5.57. The van der Waals surface area contributed by atoms with E-state index >= 15 is 0 Å². The molecule has 2 amide bonds. The van der Waals surface area contributed by atoms with Crippen molar-refractivity contribution in [2.75, 3.05) is 14.2 Å². The lowest BCUT2D eigenvalue weighted by Gasteiger charge is -2.21. The Labute approximate surface area is 174 Å². The second kappa shape index (κ2) is 10.1. The van der Waals surface area contributed by atoms with Crippen LogP contribution in [0.25, 0.3) is 0 Å². The van der Waals surface area contributed by atoms with Crippen molar-refractivity contribution in [1.82, 2.24) is 16.3 Å². The van der Waals surface area contributed by atoms with Gasteiger partial charge >= 0.3 is 0 Å². The smallest absolute Gasteiger partial charge is 0.263 e. The van der Waals surface area contributed by atoms with Crippen LogP contribution in [0.2, 0.25) is 0 Å². The Bertz CT molecular complexity index is 959. The largest absolute Gasteiger partial charge is 0.493 e. The predicted molar refractivity (Wildman–Crippen MR) is 113 cm³/mol. The molecule has 0 aromatic heterocycles.